The van der Waals surface area contributed by atoms with Crippen molar-refractivity contribution in [3.63, 3.8) is 0 Å². The Kier molecular flexibility index (Phi) is 8.68. The summed E-state index contributed by atoms with van der Waals surface area (Å²) in [6, 6.07) is 16.6. The molecule has 242 valence electrons. The molecule has 3 atom stereocenters. The number of thioether (sulfide) groups is 1. The van der Waals surface area contributed by atoms with Gasteiger partial charge in [-0.25, -0.2) is 9.69 Å². The van der Waals surface area contributed by atoms with Crippen molar-refractivity contribution in [1.82, 2.24) is 4.98 Å². The smallest absolute Gasteiger partial charge is 0.416 e. The lowest BCUT2D eigenvalue weighted by molar-refractivity contribution is -0.137. The van der Waals surface area contributed by atoms with Crippen LogP contribution < -0.4 is 19.8 Å². The molecule has 0 aliphatic carbocycles. The van der Waals surface area contributed by atoms with Crippen LogP contribution in [0.3, 0.4) is 0 Å². The first-order chi connectivity index (χ1) is 22.5. The van der Waals surface area contributed by atoms with Gasteiger partial charge in [-0.2, -0.15) is 13.2 Å². The number of para-hydroxylation sites is 1. The molecule has 10 nitrogen and oxygen atoms in total. The van der Waals surface area contributed by atoms with E-state index in [1.165, 1.54) is 36.4 Å². The number of carbonyl (C=O) groups excluding carboxylic acids is 4. The Labute approximate surface area is 272 Å². The zero-order chi connectivity index (χ0) is 33.5. The lowest BCUT2D eigenvalue weighted by atomic mass is 9.82. The van der Waals surface area contributed by atoms with Crippen LogP contribution in [-0.2, 0) is 25.3 Å². The average Bonchev–Trinajstić information content (AvgIpc) is 3.54. The van der Waals surface area contributed by atoms with Gasteiger partial charge < -0.3 is 19.8 Å². The van der Waals surface area contributed by atoms with Crippen LogP contribution >= 0.6 is 23.1 Å². The zero-order valence-corrected chi connectivity index (χ0v) is 26.0. The molecule has 2 N–H and O–H groups in total. The Bertz CT molecular complexity index is 1940. The number of nitrogens with zero attached hydrogens (tertiary/aromatic N) is 1. The molecule has 3 amide bonds. The lowest BCUT2D eigenvalue weighted by Crippen LogP contribution is -2.32. The number of fused-ring (bicyclic) bond motifs is 2. The molecule has 15 heteroatoms. The Morgan fingerprint density at radius 2 is 1.72 bits per heavy atom. The van der Waals surface area contributed by atoms with Crippen LogP contribution in [0.2, 0.25) is 0 Å². The highest BCUT2D eigenvalue weighted by molar-refractivity contribution is 8.00. The van der Waals surface area contributed by atoms with Crippen molar-refractivity contribution >= 4 is 58.2 Å². The van der Waals surface area contributed by atoms with E-state index in [1.54, 1.807) is 31.2 Å². The summed E-state index contributed by atoms with van der Waals surface area (Å²) in [7, 11) is 0. The van der Waals surface area contributed by atoms with Gasteiger partial charge >= 0.3 is 17.0 Å². The summed E-state index contributed by atoms with van der Waals surface area (Å²) in [4.78, 5) is 69.1. The fourth-order valence-corrected chi connectivity index (χ4v) is 8.06. The minimum Gasteiger partial charge on any atom is -0.483 e. The van der Waals surface area contributed by atoms with E-state index in [0.29, 0.717) is 15.5 Å². The van der Waals surface area contributed by atoms with E-state index in [4.69, 9.17) is 9.47 Å². The first-order valence-corrected chi connectivity index (χ1v) is 15.9. The number of hydrogen-bond donors (Lipinski definition) is 2. The van der Waals surface area contributed by atoms with E-state index in [9.17, 15) is 37.1 Å². The zero-order valence-electron chi connectivity index (χ0n) is 24.3. The van der Waals surface area contributed by atoms with Gasteiger partial charge in [0.25, 0.3) is 5.91 Å². The first kappa shape index (κ1) is 32.1. The number of imide groups is 1. The van der Waals surface area contributed by atoms with Crippen molar-refractivity contribution in [3.8, 4) is 5.75 Å². The molecule has 1 saturated heterocycles. The molecule has 3 unspecified atom stereocenters. The maximum absolute atomic E-state index is 14.1. The number of thiazole rings is 1. The summed E-state index contributed by atoms with van der Waals surface area (Å²) in [5.74, 6) is -3.89. The highest BCUT2D eigenvalue weighted by atomic mass is 32.2. The summed E-state index contributed by atoms with van der Waals surface area (Å²) in [6.07, 6.45) is -4.59. The van der Waals surface area contributed by atoms with E-state index < -0.39 is 59.1 Å². The van der Waals surface area contributed by atoms with E-state index in [2.05, 4.69) is 10.3 Å². The molecule has 47 heavy (non-hydrogen) atoms. The van der Waals surface area contributed by atoms with Crippen LogP contribution in [0.4, 0.5) is 24.5 Å². The van der Waals surface area contributed by atoms with Crippen LogP contribution in [0, 0.1) is 5.92 Å². The van der Waals surface area contributed by atoms with Crippen molar-refractivity contribution in [2.75, 3.05) is 23.4 Å². The molecule has 4 aromatic rings. The normalized spacial score (nSPS) is 18.8. The van der Waals surface area contributed by atoms with Crippen LogP contribution in [-0.4, -0.2) is 47.1 Å². The molecular weight excluding hydrogens is 659 g/mol. The van der Waals surface area contributed by atoms with Crippen molar-refractivity contribution in [3.05, 3.63) is 104 Å². The first-order valence-electron chi connectivity index (χ1n) is 14.2. The number of aromatic nitrogens is 1. The van der Waals surface area contributed by atoms with Crippen molar-refractivity contribution < 1.29 is 41.8 Å². The van der Waals surface area contributed by atoms with Gasteiger partial charge in [-0.05, 0) is 55.5 Å². The highest BCUT2D eigenvalue weighted by Crippen LogP contribution is 2.54. The molecule has 1 fully saturated rings. The van der Waals surface area contributed by atoms with Crippen LogP contribution in [0.1, 0.15) is 39.2 Å². The van der Waals surface area contributed by atoms with Gasteiger partial charge in [0, 0.05) is 22.0 Å². The Balaban J connectivity index is 1.28. The SMILES string of the molecule is CCOC(=O)c1ccc(N2C(=O)C3Sc4[nH]c(=O)sc4C(c4ccccc4OCC(=O)Nc4cccc(C(F)(F)F)c4)C3C2=O)cc1. The van der Waals surface area contributed by atoms with Gasteiger partial charge in [0.2, 0.25) is 11.8 Å². The third-order valence-electron chi connectivity index (χ3n) is 7.55. The monoisotopic (exact) mass is 683 g/mol. The number of ether oxygens (including phenoxy) is 2. The number of carbonyl (C=O) groups is 4. The summed E-state index contributed by atoms with van der Waals surface area (Å²) in [5, 5.41) is 1.91. The fraction of sp³-hybridized carbons (Fsp3) is 0.219. The Hall–Kier alpha value is -4.89. The number of rotatable bonds is 8. The van der Waals surface area contributed by atoms with Crippen molar-refractivity contribution in [1.29, 1.82) is 0 Å². The lowest BCUT2D eigenvalue weighted by Gasteiger charge is -2.30. The fourth-order valence-electron chi connectivity index (χ4n) is 5.55. The Morgan fingerprint density at radius 1 is 0.979 bits per heavy atom. The van der Waals surface area contributed by atoms with Crippen molar-refractivity contribution in [2.45, 2.75) is 29.3 Å². The summed E-state index contributed by atoms with van der Waals surface area (Å²) >= 11 is 1.98. The Morgan fingerprint density at radius 3 is 2.45 bits per heavy atom. The summed E-state index contributed by atoms with van der Waals surface area (Å²) in [5.41, 5.74) is -0.0445. The third kappa shape index (κ3) is 6.27. The number of hydrogen-bond acceptors (Lipinski definition) is 9. The number of alkyl halides is 3. The molecule has 2 aliphatic heterocycles. The van der Waals surface area contributed by atoms with Gasteiger partial charge in [-0.1, -0.05) is 47.4 Å². The molecular formula is C32H24F3N3O7S2. The number of aromatic amines is 1. The second kappa shape index (κ2) is 12.7. The maximum Gasteiger partial charge on any atom is 0.416 e. The minimum atomic E-state index is -4.59. The number of amides is 3. The van der Waals surface area contributed by atoms with Crippen LogP contribution in [0.25, 0.3) is 0 Å². The number of esters is 1. The van der Waals surface area contributed by atoms with Gasteiger partial charge in [0.15, 0.2) is 6.61 Å². The second-order valence-electron chi connectivity index (χ2n) is 10.5. The van der Waals surface area contributed by atoms with E-state index in [-0.39, 0.29) is 34.2 Å². The molecule has 3 heterocycles. The van der Waals surface area contributed by atoms with E-state index in [0.717, 1.165) is 40.1 Å². The van der Waals surface area contributed by atoms with E-state index in [1.807, 2.05) is 0 Å². The van der Waals surface area contributed by atoms with E-state index >= 15 is 0 Å². The third-order valence-corrected chi connectivity index (χ3v) is 9.95. The number of anilines is 2. The highest BCUT2D eigenvalue weighted by Gasteiger charge is 2.56. The quantitative estimate of drug-likeness (QED) is 0.185. The van der Waals surface area contributed by atoms with Gasteiger partial charge in [0.1, 0.15) is 11.0 Å². The number of benzene rings is 3. The van der Waals surface area contributed by atoms with Gasteiger partial charge in [-0.15, -0.1) is 0 Å². The van der Waals surface area contributed by atoms with Crippen LogP contribution in [0.5, 0.6) is 5.75 Å². The maximum atomic E-state index is 14.1. The molecule has 1 aromatic heterocycles. The molecule has 0 bridgehead atoms. The largest absolute Gasteiger partial charge is 0.483 e. The molecule has 6 rings (SSSR count). The average molecular weight is 684 g/mol. The number of halogens is 3. The van der Waals surface area contributed by atoms with Gasteiger partial charge in [-0.3, -0.25) is 19.2 Å². The summed E-state index contributed by atoms with van der Waals surface area (Å²) < 4.78 is 50.2. The number of nitrogens with one attached hydrogen (secondary N) is 2. The summed E-state index contributed by atoms with van der Waals surface area (Å²) in [6.45, 7) is 1.28. The van der Waals surface area contributed by atoms with Crippen molar-refractivity contribution in [2.24, 2.45) is 5.92 Å². The molecule has 0 saturated carbocycles. The minimum absolute atomic E-state index is 0.0685. The van der Waals surface area contributed by atoms with Gasteiger partial charge in [0.05, 0.1) is 34.4 Å². The van der Waals surface area contributed by atoms with Crippen LogP contribution in [0.15, 0.2) is 82.6 Å². The predicted molar refractivity (Wildman–Crippen MR) is 167 cm³/mol. The predicted octanol–water partition coefficient (Wildman–Crippen LogP) is 5.45. The standard InChI is InChI=1S/C32H24F3N3O7S2/c1-2-44-30(42)16-10-12-19(13-11-16)38-28(40)24-23(25-27(37-31(43)47-25)46-26(24)29(38)41)20-8-3-4-9-21(20)45-15-22(39)36-18-7-5-6-17(14-18)32(33,34)35/h3-14,23-24,26H,2,15H2,1H3,(H,36,39)(H,37,43). The molecule has 2 aliphatic rings. The molecule has 0 radical (unpaired) electrons. The molecule has 3 aromatic carbocycles. The number of H-pyrrole nitrogens is 1. The topological polar surface area (TPSA) is 135 Å². The molecule has 0 spiro atoms. The second-order valence-corrected chi connectivity index (χ2v) is 12.6.